The molecule has 1 heterocycles. The van der Waals surface area contributed by atoms with Crippen LogP contribution in [0.3, 0.4) is 0 Å². The number of carbonyl (C=O) groups is 1. The molecule has 0 radical (unpaired) electrons. The SMILES string of the molecule is O=C(C1CCCCC1)N(Cc1cccn1Cc1ccccc1)C1CCCCC1. The van der Waals surface area contributed by atoms with E-state index in [0.717, 1.165) is 25.9 Å². The first kappa shape index (κ1) is 19.3. The topological polar surface area (TPSA) is 25.2 Å². The highest BCUT2D eigenvalue weighted by Crippen LogP contribution is 2.30. The molecular weight excluding hydrogens is 344 g/mol. The zero-order chi connectivity index (χ0) is 19.2. The van der Waals surface area contributed by atoms with E-state index in [1.165, 1.54) is 62.6 Å². The molecule has 0 N–H and O–H groups in total. The highest BCUT2D eigenvalue weighted by atomic mass is 16.2. The van der Waals surface area contributed by atoms with Crippen LogP contribution in [0.15, 0.2) is 48.7 Å². The minimum Gasteiger partial charge on any atom is -0.345 e. The molecular formula is C25H34N2O. The van der Waals surface area contributed by atoms with Crippen LogP contribution in [0.2, 0.25) is 0 Å². The quantitative estimate of drug-likeness (QED) is 0.625. The second-order valence-corrected chi connectivity index (χ2v) is 8.71. The normalized spacial score (nSPS) is 18.9. The first-order chi connectivity index (χ1) is 13.8. The molecule has 4 rings (SSSR count). The van der Waals surface area contributed by atoms with Gasteiger partial charge < -0.3 is 9.47 Å². The molecule has 0 aliphatic heterocycles. The zero-order valence-corrected chi connectivity index (χ0v) is 17.1. The van der Waals surface area contributed by atoms with E-state index in [2.05, 4.69) is 58.1 Å². The summed E-state index contributed by atoms with van der Waals surface area (Å²) in [4.78, 5) is 15.8. The van der Waals surface area contributed by atoms with Crippen molar-refractivity contribution in [3.63, 3.8) is 0 Å². The van der Waals surface area contributed by atoms with Crippen molar-refractivity contribution in [1.29, 1.82) is 0 Å². The number of aromatic nitrogens is 1. The number of amides is 1. The van der Waals surface area contributed by atoms with Crippen LogP contribution in [0, 0.1) is 5.92 Å². The van der Waals surface area contributed by atoms with Gasteiger partial charge in [-0.1, -0.05) is 68.9 Å². The number of carbonyl (C=O) groups excluding carboxylic acids is 1. The second kappa shape index (κ2) is 9.45. The van der Waals surface area contributed by atoms with Crippen molar-refractivity contribution >= 4 is 5.91 Å². The Morgan fingerprint density at radius 3 is 2.25 bits per heavy atom. The lowest BCUT2D eigenvalue weighted by Gasteiger charge is -2.37. The molecule has 3 heteroatoms. The van der Waals surface area contributed by atoms with Crippen molar-refractivity contribution in [2.45, 2.75) is 83.3 Å². The van der Waals surface area contributed by atoms with Gasteiger partial charge in [0.15, 0.2) is 0 Å². The van der Waals surface area contributed by atoms with Crippen LogP contribution in [-0.4, -0.2) is 21.4 Å². The van der Waals surface area contributed by atoms with Gasteiger partial charge >= 0.3 is 0 Å². The summed E-state index contributed by atoms with van der Waals surface area (Å²) in [6, 6.07) is 15.4. The van der Waals surface area contributed by atoms with Crippen molar-refractivity contribution in [1.82, 2.24) is 9.47 Å². The predicted octanol–water partition coefficient (Wildman–Crippen LogP) is 5.78. The van der Waals surface area contributed by atoms with Crippen LogP contribution < -0.4 is 0 Å². The van der Waals surface area contributed by atoms with Crippen LogP contribution in [0.25, 0.3) is 0 Å². The molecule has 1 aromatic heterocycles. The number of rotatable bonds is 6. The highest BCUT2D eigenvalue weighted by Gasteiger charge is 2.31. The van der Waals surface area contributed by atoms with Gasteiger partial charge in [0.1, 0.15) is 0 Å². The summed E-state index contributed by atoms with van der Waals surface area (Å²) in [5.41, 5.74) is 2.57. The fourth-order valence-electron chi connectivity index (χ4n) is 5.07. The Morgan fingerprint density at radius 2 is 1.54 bits per heavy atom. The minimum atomic E-state index is 0.258. The van der Waals surface area contributed by atoms with Gasteiger partial charge in [-0.2, -0.15) is 0 Å². The lowest BCUT2D eigenvalue weighted by atomic mass is 9.86. The van der Waals surface area contributed by atoms with E-state index in [4.69, 9.17) is 0 Å². The van der Waals surface area contributed by atoms with Gasteiger partial charge in [-0.05, 0) is 43.4 Å². The van der Waals surface area contributed by atoms with E-state index < -0.39 is 0 Å². The molecule has 2 fully saturated rings. The van der Waals surface area contributed by atoms with Crippen LogP contribution >= 0.6 is 0 Å². The van der Waals surface area contributed by atoms with Crippen molar-refractivity contribution < 1.29 is 4.79 Å². The Morgan fingerprint density at radius 1 is 0.857 bits per heavy atom. The van der Waals surface area contributed by atoms with Crippen molar-refractivity contribution in [3.05, 3.63) is 59.9 Å². The molecule has 0 spiro atoms. The van der Waals surface area contributed by atoms with Crippen molar-refractivity contribution in [3.8, 4) is 0 Å². The molecule has 150 valence electrons. The Hall–Kier alpha value is -2.03. The highest BCUT2D eigenvalue weighted by molar-refractivity contribution is 5.79. The summed E-state index contributed by atoms with van der Waals surface area (Å²) in [5, 5.41) is 0. The van der Waals surface area contributed by atoms with Gasteiger partial charge in [-0.15, -0.1) is 0 Å². The first-order valence-corrected chi connectivity index (χ1v) is 11.3. The standard InChI is InChI=1S/C25H34N2O/c28-25(22-13-6-2-7-14-22)27(23-15-8-3-9-16-23)20-24-17-10-18-26(24)19-21-11-4-1-5-12-21/h1,4-5,10-12,17-18,22-23H,2-3,6-9,13-16,19-20H2. The number of benzene rings is 1. The number of hydrogen-bond donors (Lipinski definition) is 0. The zero-order valence-electron chi connectivity index (χ0n) is 17.1. The molecule has 0 saturated heterocycles. The molecule has 0 bridgehead atoms. The molecule has 1 aromatic carbocycles. The molecule has 0 atom stereocenters. The first-order valence-electron chi connectivity index (χ1n) is 11.3. The summed E-state index contributed by atoms with van der Waals surface area (Å²) >= 11 is 0. The van der Waals surface area contributed by atoms with Gasteiger partial charge in [-0.25, -0.2) is 0 Å². The van der Waals surface area contributed by atoms with Crippen LogP contribution in [0.1, 0.15) is 75.5 Å². The molecule has 3 nitrogen and oxygen atoms in total. The maximum absolute atomic E-state index is 13.5. The van der Waals surface area contributed by atoms with Gasteiger partial charge in [0.05, 0.1) is 6.54 Å². The molecule has 2 aliphatic carbocycles. The van der Waals surface area contributed by atoms with E-state index in [1.54, 1.807) is 0 Å². The van der Waals surface area contributed by atoms with Crippen molar-refractivity contribution in [2.24, 2.45) is 5.92 Å². The molecule has 28 heavy (non-hydrogen) atoms. The third kappa shape index (κ3) is 4.68. The Kier molecular flexibility index (Phi) is 6.51. The van der Waals surface area contributed by atoms with E-state index >= 15 is 0 Å². The lowest BCUT2D eigenvalue weighted by molar-refractivity contribution is -0.140. The molecule has 1 amide bonds. The summed E-state index contributed by atoms with van der Waals surface area (Å²) in [6.07, 6.45) is 14.3. The lowest BCUT2D eigenvalue weighted by Crippen LogP contribution is -2.44. The monoisotopic (exact) mass is 378 g/mol. The second-order valence-electron chi connectivity index (χ2n) is 8.71. The Labute approximate surface area is 169 Å². The van der Waals surface area contributed by atoms with E-state index in [0.29, 0.717) is 11.9 Å². The van der Waals surface area contributed by atoms with Crippen molar-refractivity contribution in [2.75, 3.05) is 0 Å². The smallest absolute Gasteiger partial charge is 0.226 e. The number of hydrogen-bond acceptors (Lipinski definition) is 1. The maximum atomic E-state index is 13.5. The van der Waals surface area contributed by atoms with Crippen LogP contribution in [0.5, 0.6) is 0 Å². The maximum Gasteiger partial charge on any atom is 0.226 e. The minimum absolute atomic E-state index is 0.258. The van der Waals surface area contributed by atoms with E-state index in [-0.39, 0.29) is 5.92 Å². The average Bonchev–Trinajstić information content (AvgIpc) is 3.20. The van der Waals surface area contributed by atoms with E-state index in [1.807, 2.05) is 0 Å². The van der Waals surface area contributed by atoms with Gasteiger partial charge in [0, 0.05) is 30.4 Å². The van der Waals surface area contributed by atoms with Gasteiger partial charge in [-0.3, -0.25) is 4.79 Å². The fourth-order valence-corrected chi connectivity index (χ4v) is 5.07. The molecule has 2 saturated carbocycles. The summed E-state index contributed by atoms with van der Waals surface area (Å²) < 4.78 is 2.32. The molecule has 2 aromatic rings. The third-order valence-electron chi connectivity index (χ3n) is 6.70. The fraction of sp³-hybridized carbons (Fsp3) is 0.560. The van der Waals surface area contributed by atoms with Gasteiger partial charge in [0.2, 0.25) is 5.91 Å². The predicted molar refractivity (Wildman–Crippen MR) is 114 cm³/mol. The average molecular weight is 379 g/mol. The van der Waals surface area contributed by atoms with Crippen LogP contribution in [-0.2, 0) is 17.9 Å². The van der Waals surface area contributed by atoms with E-state index in [9.17, 15) is 4.79 Å². The third-order valence-corrected chi connectivity index (χ3v) is 6.70. The largest absolute Gasteiger partial charge is 0.345 e. The Bertz CT molecular complexity index is 739. The number of nitrogens with zero attached hydrogens (tertiary/aromatic N) is 2. The summed E-state index contributed by atoms with van der Waals surface area (Å²) in [7, 11) is 0. The molecule has 0 unspecified atom stereocenters. The van der Waals surface area contributed by atoms with Gasteiger partial charge in [0.25, 0.3) is 0 Å². The molecule has 2 aliphatic rings. The van der Waals surface area contributed by atoms with Crippen LogP contribution in [0.4, 0.5) is 0 Å². The Balaban J connectivity index is 1.52. The summed E-state index contributed by atoms with van der Waals surface area (Å²) in [6.45, 7) is 1.64. The summed E-state index contributed by atoms with van der Waals surface area (Å²) in [5.74, 6) is 0.687.